The third-order valence-electron chi connectivity index (χ3n) is 3.50. The van der Waals surface area contributed by atoms with Crippen molar-refractivity contribution in [1.29, 1.82) is 10.5 Å². The average Bonchev–Trinajstić information content (AvgIpc) is 2.80. The normalized spacial score (nSPS) is 16.9. The van der Waals surface area contributed by atoms with Crippen LogP contribution in [0.1, 0.15) is 53.8 Å². The highest BCUT2D eigenvalue weighted by Gasteiger charge is 2.31. The molecule has 6 nitrogen and oxygen atoms in total. The van der Waals surface area contributed by atoms with Crippen LogP contribution in [0.2, 0.25) is 0 Å². The molecule has 20 heavy (non-hydrogen) atoms. The number of hydrogen-bond acceptors (Lipinski definition) is 5. The molecule has 1 aliphatic rings. The van der Waals surface area contributed by atoms with Crippen LogP contribution in [0, 0.1) is 22.7 Å². The summed E-state index contributed by atoms with van der Waals surface area (Å²) in [6.07, 6.45) is 2.95. The molecule has 0 amide bonds. The molecule has 1 aliphatic carbocycles. The number of hydrogen-bond donors (Lipinski definition) is 0. The van der Waals surface area contributed by atoms with E-state index >= 15 is 0 Å². The standard InChI is InChI=1S/C14H16N4O2/c1-2-20-14(19)13-12-10(6-7-15)4-3-5-11(12)18(17-13)9-8-16/h10H,2-6,9H2,1H3. The van der Waals surface area contributed by atoms with Crippen molar-refractivity contribution in [3.63, 3.8) is 0 Å². The summed E-state index contributed by atoms with van der Waals surface area (Å²) < 4.78 is 6.61. The summed E-state index contributed by atoms with van der Waals surface area (Å²) in [6, 6.07) is 4.21. The SMILES string of the molecule is CCOC(=O)c1nn(CC#N)c2c1C(CC#N)CCC2. The Hall–Kier alpha value is -2.34. The van der Waals surface area contributed by atoms with Gasteiger partial charge in [-0.3, -0.25) is 4.68 Å². The second-order valence-corrected chi connectivity index (χ2v) is 4.70. The number of carbonyl (C=O) groups excluding carboxylic acids is 1. The van der Waals surface area contributed by atoms with Crippen molar-refractivity contribution in [2.45, 2.75) is 45.1 Å². The Morgan fingerprint density at radius 2 is 2.30 bits per heavy atom. The average molecular weight is 272 g/mol. The van der Waals surface area contributed by atoms with E-state index in [1.54, 1.807) is 11.6 Å². The van der Waals surface area contributed by atoms with Gasteiger partial charge < -0.3 is 4.74 Å². The van der Waals surface area contributed by atoms with Gasteiger partial charge in [-0.15, -0.1) is 0 Å². The fourth-order valence-electron chi connectivity index (χ4n) is 2.73. The van der Waals surface area contributed by atoms with Crippen molar-refractivity contribution in [1.82, 2.24) is 9.78 Å². The summed E-state index contributed by atoms with van der Waals surface area (Å²) in [5.74, 6) is -0.458. The molecular formula is C14H16N4O2. The molecule has 2 rings (SSSR count). The van der Waals surface area contributed by atoms with E-state index in [0.29, 0.717) is 6.42 Å². The smallest absolute Gasteiger partial charge is 0.359 e. The van der Waals surface area contributed by atoms with Gasteiger partial charge in [-0.1, -0.05) is 0 Å². The molecule has 0 radical (unpaired) electrons. The molecule has 0 saturated heterocycles. The zero-order valence-electron chi connectivity index (χ0n) is 11.4. The van der Waals surface area contributed by atoms with Crippen molar-refractivity contribution < 1.29 is 9.53 Å². The quantitative estimate of drug-likeness (QED) is 0.781. The van der Waals surface area contributed by atoms with Gasteiger partial charge in [0.1, 0.15) is 6.54 Å². The van der Waals surface area contributed by atoms with Crippen molar-refractivity contribution in [3.05, 3.63) is 17.0 Å². The Labute approximate surface area is 117 Å². The third kappa shape index (κ3) is 2.50. The van der Waals surface area contributed by atoms with Crippen molar-refractivity contribution in [3.8, 4) is 12.1 Å². The van der Waals surface area contributed by atoms with Crippen molar-refractivity contribution in [2.75, 3.05) is 6.61 Å². The van der Waals surface area contributed by atoms with Gasteiger partial charge in [-0.2, -0.15) is 15.6 Å². The van der Waals surface area contributed by atoms with Gasteiger partial charge in [0, 0.05) is 23.6 Å². The predicted octanol–water partition coefficient (Wildman–Crippen LogP) is 1.92. The Bertz CT molecular complexity index is 592. The molecule has 1 aromatic rings. The van der Waals surface area contributed by atoms with E-state index < -0.39 is 5.97 Å². The maximum Gasteiger partial charge on any atom is 0.359 e. The Balaban J connectivity index is 2.49. The predicted molar refractivity (Wildman–Crippen MR) is 69.7 cm³/mol. The topological polar surface area (TPSA) is 91.7 Å². The number of nitrogens with zero attached hydrogens (tertiary/aromatic N) is 4. The molecule has 0 spiro atoms. The van der Waals surface area contributed by atoms with E-state index in [4.69, 9.17) is 15.3 Å². The van der Waals surface area contributed by atoms with Crippen LogP contribution in [0.4, 0.5) is 0 Å². The van der Waals surface area contributed by atoms with Gasteiger partial charge in [0.2, 0.25) is 0 Å². The minimum Gasteiger partial charge on any atom is -0.461 e. The van der Waals surface area contributed by atoms with Crippen molar-refractivity contribution in [2.24, 2.45) is 0 Å². The highest BCUT2D eigenvalue weighted by Crippen LogP contribution is 2.36. The monoisotopic (exact) mass is 272 g/mol. The largest absolute Gasteiger partial charge is 0.461 e. The molecule has 0 N–H and O–H groups in total. The first-order valence-electron chi connectivity index (χ1n) is 6.73. The van der Waals surface area contributed by atoms with E-state index in [-0.39, 0.29) is 24.8 Å². The number of fused-ring (bicyclic) bond motifs is 1. The second kappa shape index (κ2) is 6.21. The molecule has 0 aliphatic heterocycles. The lowest BCUT2D eigenvalue weighted by Gasteiger charge is -2.21. The van der Waals surface area contributed by atoms with Crippen LogP contribution < -0.4 is 0 Å². The molecule has 104 valence electrons. The highest BCUT2D eigenvalue weighted by atomic mass is 16.5. The lowest BCUT2D eigenvalue weighted by Crippen LogP contribution is -2.15. The zero-order valence-corrected chi connectivity index (χ0v) is 11.4. The van der Waals surface area contributed by atoms with Gasteiger partial charge in [0.25, 0.3) is 0 Å². The molecule has 1 unspecified atom stereocenters. The number of esters is 1. The molecule has 0 fully saturated rings. The van der Waals surface area contributed by atoms with Gasteiger partial charge >= 0.3 is 5.97 Å². The summed E-state index contributed by atoms with van der Waals surface area (Å²) in [5, 5.41) is 22.0. The van der Waals surface area contributed by atoms with E-state index in [1.165, 1.54) is 0 Å². The van der Waals surface area contributed by atoms with Gasteiger partial charge in [-0.25, -0.2) is 4.79 Å². The number of nitriles is 2. The van der Waals surface area contributed by atoms with Gasteiger partial charge in [0.05, 0.1) is 18.7 Å². The molecule has 1 aromatic heterocycles. The lowest BCUT2D eigenvalue weighted by atomic mass is 9.83. The third-order valence-corrected chi connectivity index (χ3v) is 3.50. The van der Waals surface area contributed by atoms with Crippen LogP contribution in [0.3, 0.4) is 0 Å². The van der Waals surface area contributed by atoms with Crippen LogP contribution in [0.25, 0.3) is 0 Å². The lowest BCUT2D eigenvalue weighted by molar-refractivity contribution is 0.0516. The fourth-order valence-corrected chi connectivity index (χ4v) is 2.73. The summed E-state index contributed by atoms with van der Waals surface area (Å²) in [4.78, 5) is 12.0. The van der Waals surface area contributed by atoms with E-state index in [0.717, 1.165) is 30.5 Å². The van der Waals surface area contributed by atoms with Crippen LogP contribution >= 0.6 is 0 Å². The van der Waals surface area contributed by atoms with E-state index in [9.17, 15) is 4.79 Å². The molecular weight excluding hydrogens is 256 g/mol. The second-order valence-electron chi connectivity index (χ2n) is 4.70. The summed E-state index contributed by atoms with van der Waals surface area (Å²) in [5.41, 5.74) is 1.99. The van der Waals surface area contributed by atoms with Crippen LogP contribution in [0.5, 0.6) is 0 Å². The van der Waals surface area contributed by atoms with Crippen LogP contribution in [-0.2, 0) is 17.7 Å². The Morgan fingerprint density at radius 3 is 2.95 bits per heavy atom. The molecule has 0 aromatic carbocycles. The first-order valence-corrected chi connectivity index (χ1v) is 6.73. The Kier molecular flexibility index (Phi) is 4.37. The van der Waals surface area contributed by atoms with Gasteiger partial charge in [-0.05, 0) is 26.2 Å². The summed E-state index contributed by atoms with van der Waals surface area (Å²) in [6.45, 7) is 2.13. The molecule has 0 saturated carbocycles. The summed E-state index contributed by atoms with van der Waals surface area (Å²) in [7, 11) is 0. The first kappa shape index (κ1) is 14.1. The molecule has 1 atom stereocenters. The highest BCUT2D eigenvalue weighted by molar-refractivity contribution is 5.89. The Morgan fingerprint density at radius 1 is 1.50 bits per heavy atom. The number of ether oxygens (including phenoxy) is 1. The molecule has 0 bridgehead atoms. The van der Waals surface area contributed by atoms with Crippen LogP contribution in [0.15, 0.2) is 0 Å². The number of rotatable bonds is 4. The number of carbonyl (C=O) groups is 1. The molecule has 1 heterocycles. The maximum atomic E-state index is 12.0. The van der Waals surface area contributed by atoms with E-state index in [2.05, 4.69) is 11.2 Å². The fraction of sp³-hybridized carbons (Fsp3) is 0.571. The van der Waals surface area contributed by atoms with Gasteiger partial charge in [0.15, 0.2) is 5.69 Å². The van der Waals surface area contributed by atoms with Crippen molar-refractivity contribution >= 4 is 5.97 Å². The minimum atomic E-state index is -0.467. The number of aromatic nitrogens is 2. The minimum absolute atomic E-state index is 0.00981. The molecule has 6 heteroatoms. The zero-order chi connectivity index (χ0) is 14.5. The van der Waals surface area contributed by atoms with Crippen LogP contribution in [-0.4, -0.2) is 22.4 Å². The van der Waals surface area contributed by atoms with E-state index in [1.807, 2.05) is 6.07 Å². The first-order chi connectivity index (χ1) is 9.72. The summed E-state index contributed by atoms with van der Waals surface area (Å²) >= 11 is 0. The maximum absolute atomic E-state index is 12.0.